The van der Waals surface area contributed by atoms with E-state index in [2.05, 4.69) is 19.2 Å². The van der Waals surface area contributed by atoms with E-state index in [4.69, 9.17) is 0 Å². The SMILES string of the molecule is Cc1ccccc1CN(CC(C)C)C(=O)NC(C)C(=O)N(C)C. The van der Waals surface area contributed by atoms with E-state index in [0.29, 0.717) is 19.0 Å². The Bertz CT molecular complexity index is 541. The molecule has 0 aliphatic carbocycles. The first-order valence-corrected chi connectivity index (χ1v) is 8.03. The Hall–Kier alpha value is -2.04. The molecule has 1 aromatic rings. The van der Waals surface area contributed by atoms with Crippen molar-refractivity contribution in [1.29, 1.82) is 0 Å². The minimum Gasteiger partial charge on any atom is -0.347 e. The number of rotatable bonds is 6. The van der Waals surface area contributed by atoms with Crippen LogP contribution in [0.25, 0.3) is 0 Å². The summed E-state index contributed by atoms with van der Waals surface area (Å²) in [6.45, 7) is 9.09. The van der Waals surface area contributed by atoms with Crippen molar-refractivity contribution in [2.24, 2.45) is 5.92 Å². The Labute approximate surface area is 139 Å². The summed E-state index contributed by atoms with van der Waals surface area (Å²) >= 11 is 0. The van der Waals surface area contributed by atoms with E-state index in [-0.39, 0.29) is 11.9 Å². The fraction of sp³-hybridized carbons (Fsp3) is 0.556. The molecule has 0 saturated heterocycles. The van der Waals surface area contributed by atoms with E-state index in [0.717, 1.165) is 11.1 Å². The molecule has 1 aromatic carbocycles. The minimum absolute atomic E-state index is 0.112. The zero-order valence-electron chi connectivity index (χ0n) is 15.1. The van der Waals surface area contributed by atoms with E-state index in [9.17, 15) is 9.59 Å². The lowest BCUT2D eigenvalue weighted by Crippen LogP contribution is -2.50. The molecule has 0 aliphatic rings. The normalized spacial score (nSPS) is 12.0. The highest BCUT2D eigenvalue weighted by molar-refractivity contribution is 5.86. The van der Waals surface area contributed by atoms with E-state index >= 15 is 0 Å². The summed E-state index contributed by atoms with van der Waals surface area (Å²) in [7, 11) is 3.37. The molecule has 0 bridgehead atoms. The summed E-state index contributed by atoms with van der Waals surface area (Å²) in [5, 5.41) is 2.80. The number of hydrogen-bond acceptors (Lipinski definition) is 2. The molecule has 5 nitrogen and oxygen atoms in total. The van der Waals surface area contributed by atoms with Crippen molar-refractivity contribution in [2.45, 2.75) is 40.3 Å². The van der Waals surface area contributed by atoms with Gasteiger partial charge in [0, 0.05) is 27.2 Å². The molecule has 0 spiro atoms. The van der Waals surface area contributed by atoms with Gasteiger partial charge >= 0.3 is 6.03 Å². The highest BCUT2D eigenvalue weighted by Gasteiger charge is 2.22. The Morgan fingerprint density at radius 1 is 1.13 bits per heavy atom. The van der Waals surface area contributed by atoms with E-state index < -0.39 is 6.04 Å². The Morgan fingerprint density at radius 3 is 2.26 bits per heavy atom. The second kappa shape index (κ2) is 8.56. The number of urea groups is 1. The predicted molar refractivity (Wildman–Crippen MR) is 93.1 cm³/mol. The van der Waals surface area contributed by atoms with Gasteiger partial charge in [0.05, 0.1) is 0 Å². The summed E-state index contributed by atoms with van der Waals surface area (Å²) < 4.78 is 0. The molecule has 0 saturated carbocycles. The molecule has 0 aromatic heterocycles. The molecule has 5 heteroatoms. The lowest BCUT2D eigenvalue weighted by atomic mass is 10.1. The van der Waals surface area contributed by atoms with Crippen LogP contribution in [0.15, 0.2) is 24.3 Å². The quantitative estimate of drug-likeness (QED) is 0.876. The van der Waals surface area contributed by atoms with Gasteiger partial charge in [-0.15, -0.1) is 0 Å². The van der Waals surface area contributed by atoms with Crippen molar-refractivity contribution >= 4 is 11.9 Å². The second-order valence-electron chi connectivity index (χ2n) is 6.60. The van der Waals surface area contributed by atoms with E-state index in [1.165, 1.54) is 4.90 Å². The van der Waals surface area contributed by atoms with Crippen LogP contribution in [-0.2, 0) is 11.3 Å². The lowest BCUT2D eigenvalue weighted by Gasteiger charge is -2.28. The average molecular weight is 319 g/mol. The summed E-state index contributed by atoms with van der Waals surface area (Å²) in [6.07, 6.45) is 0. The van der Waals surface area contributed by atoms with Gasteiger partial charge in [-0.1, -0.05) is 38.1 Å². The molecular weight excluding hydrogens is 290 g/mol. The third-order valence-corrected chi connectivity index (χ3v) is 3.65. The van der Waals surface area contributed by atoms with Gasteiger partial charge in [-0.25, -0.2) is 4.79 Å². The number of carbonyl (C=O) groups excluding carboxylic acids is 2. The fourth-order valence-electron chi connectivity index (χ4n) is 2.38. The van der Waals surface area contributed by atoms with Gasteiger partial charge in [0.15, 0.2) is 0 Å². The largest absolute Gasteiger partial charge is 0.347 e. The Kier molecular flexibility index (Phi) is 7.07. The van der Waals surface area contributed by atoms with Gasteiger partial charge in [-0.05, 0) is 30.9 Å². The van der Waals surface area contributed by atoms with Crippen LogP contribution in [0.3, 0.4) is 0 Å². The smallest absolute Gasteiger partial charge is 0.318 e. The first kappa shape index (κ1) is 19.0. The standard InChI is InChI=1S/C18H29N3O2/c1-13(2)11-21(12-16-10-8-7-9-14(16)3)18(23)19-15(4)17(22)20(5)6/h7-10,13,15H,11-12H2,1-6H3,(H,19,23). The van der Waals surface area contributed by atoms with Crippen molar-refractivity contribution in [1.82, 2.24) is 15.1 Å². The average Bonchev–Trinajstić information content (AvgIpc) is 2.47. The first-order valence-electron chi connectivity index (χ1n) is 8.03. The van der Waals surface area contributed by atoms with Crippen LogP contribution < -0.4 is 5.32 Å². The maximum absolute atomic E-state index is 12.6. The van der Waals surface area contributed by atoms with Gasteiger partial charge in [0.1, 0.15) is 6.04 Å². The molecule has 3 amide bonds. The van der Waals surface area contributed by atoms with Crippen LogP contribution in [0.1, 0.15) is 31.9 Å². The predicted octanol–water partition coefficient (Wildman–Crippen LogP) is 2.64. The molecule has 0 fully saturated rings. The number of carbonyl (C=O) groups is 2. The van der Waals surface area contributed by atoms with Crippen LogP contribution >= 0.6 is 0 Å². The molecule has 1 rings (SSSR count). The van der Waals surface area contributed by atoms with Crippen LogP contribution in [0.4, 0.5) is 4.79 Å². The third kappa shape index (κ3) is 5.93. The lowest BCUT2D eigenvalue weighted by molar-refractivity contribution is -0.130. The van der Waals surface area contributed by atoms with Crippen LogP contribution in [0.2, 0.25) is 0 Å². The molecule has 1 N–H and O–H groups in total. The molecule has 1 atom stereocenters. The Morgan fingerprint density at radius 2 is 1.74 bits per heavy atom. The number of hydrogen-bond donors (Lipinski definition) is 1. The van der Waals surface area contributed by atoms with Crippen molar-refractivity contribution < 1.29 is 9.59 Å². The van der Waals surface area contributed by atoms with Crippen molar-refractivity contribution in [3.8, 4) is 0 Å². The summed E-state index contributed by atoms with van der Waals surface area (Å²) in [4.78, 5) is 27.8. The number of nitrogens with zero attached hydrogens (tertiary/aromatic N) is 2. The minimum atomic E-state index is -0.538. The molecule has 23 heavy (non-hydrogen) atoms. The molecule has 0 aliphatic heterocycles. The topological polar surface area (TPSA) is 52.7 Å². The monoisotopic (exact) mass is 319 g/mol. The second-order valence-corrected chi connectivity index (χ2v) is 6.60. The zero-order valence-corrected chi connectivity index (χ0v) is 15.1. The molecule has 128 valence electrons. The van der Waals surface area contributed by atoms with Crippen molar-refractivity contribution in [3.63, 3.8) is 0 Å². The van der Waals surface area contributed by atoms with Crippen LogP contribution in [-0.4, -0.2) is 48.4 Å². The van der Waals surface area contributed by atoms with Crippen molar-refractivity contribution in [3.05, 3.63) is 35.4 Å². The van der Waals surface area contributed by atoms with Gasteiger partial charge in [-0.3, -0.25) is 4.79 Å². The molecule has 1 unspecified atom stereocenters. The molecule has 0 radical (unpaired) electrons. The maximum atomic E-state index is 12.6. The maximum Gasteiger partial charge on any atom is 0.318 e. The van der Waals surface area contributed by atoms with Gasteiger partial charge in [0.25, 0.3) is 0 Å². The highest BCUT2D eigenvalue weighted by atomic mass is 16.2. The number of aryl methyl sites for hydroxylation is 1. The van der Waals surface area contributed by atoms with Crippen LogP contribution in [0, 0.1) is 12.8 Å². The molecule has 0 heterocycles. The number of amides is 3. The number of likely N-dealkylation sites (N-methyl/N-ethyl adjacent to an activating group) is 1. The van der Waals surface area contributed by atoms with Crippen molar-refractivity contribution in [2.75, 3.05) is 20.6 Å². The zero-order chi connectivity index (χ0) is 17.6. The van der Waals surface area contributed by atoms with Gasteiger partial charge in [0.2, 0.25) is 5.91 Å². The van der Waals surface area contributed by atoms with Gasteiger partial charge < -0.3 is 15.1 Å². The van der Waals surface area contributed by atoms with E-state index in [1.807, 2.05) is 31.2 Å². The first-order chi connectivity index (χ1) is 10.7. The molecular formula is C18H29N3O2. The summed E-state index contributed by atoms with van der Waals surface area (Å²) in [6, 6.07) is 7.30. The number of benzene rings is 1. The number of nitrogens with one attached hydrogen (secondary N) is 1. The Balaban J connectivity index is 2.83. The van der Waals surface area contributed by atoms with Gasteiger partial charge in [-0.2, -0.15) is 0 Å². The summed E-state index contributed by atoms with van der Waals surface area (Å²) in [5.41, 5.74) is 2.28. The third-order valence-electron chi connectivity index (χ3n) is 3.65. The van der Waals surface area contributed by atoms with E-state index in [1.54, 1.807) is 25.9 Å². The summed E-state index contributed by atoms with van der Waals surface area (Å²) in [5.74, 6) is 0.239. The highest BCUT2D eigenvalue weighted by Crippen LogP contribution is 2.12. The van der Waals surface area contributed by atoms with Crippen LogP contribution in [0.5, 0.6) is 0 Å². The fourth-order valence-corrected chi connectivity index (χ4v) is 2.38.